The monoisotopic (exact) mass is 174 g/mol. The summed E-state index contributed by atoms with van der Waals surface area (Å²) in [6.45, 7) is 3.26. The highest BCUT2D eigenvalue weighted by molar-refractivity contribution is 6.30. The Morgan fingerprint density at radius 3 is 2.09 bits per heavy atom. The van der Waals surface area contributed by atoms with Gasteiger partial charge >= 0.3 is 0 Å². The molecule has 0 amide bonds. The molecule has 0 aliphatic carbocycles. The fourth-order valence-corrected chi connectivity index (χ4v) is 0.940. The lowest BCUT2D eigenvalue weighted by Crippen LogP contribution is -1.87. The van der Waals surface area contributed by atoms with E-state index in [1.807, 2.05) is 0 Å². The van der Waals surface area contributed by atoms with E-state index in [9.17, 15) is 8.78 Å². The zero-order valence-corrected chi connectivity index (χ0v) is 6.33. The summed E-state index contributed by atoms with van der Waals surface area (Å²) in [5.74, 6) is -1.38. The van der Waals surface area contributed by atoms with E-state index >= 15 is 0 Å². The first-order valence-corrected chi connectivity index (χ1v) is 3.30. The van der Waals surface area contributed by atoms with Crippen molar-refractivity contribution in [2.75, 3.05) is 0 Å². The van der Waals surface area contributed by atoms with E-state index in [1.165, 1.54) is 0 Å². The Hall–Kier alpha value is -0.890. The van der Waals surface area contributed by atoms with Crippen LogP contribution in [-0.4, -0.2) is 0 Å². The van der Waals surface area contributed by atoms with Gasteiger partial charge in [0.05, 0.1) is 0 Å². The van der Waals surface area contributed by atoms with Crippen molar-refractivity contribution in [2.45, 2.75) is 0 Å². The van der Waals surface area contributed by atoms with Crippen molar-refractivity contribution in [2.24, 2.45) is 0 Å². The van der Waals surface area contributed by atoms with E-state index in [1.54, 1.807) is 0 Å². The van der Waals surface area contributed by atoms with Crippen molar-refractivity contribution < 1.29 is 8.78 Å². The maximum Gasteiger partial charge on any atom is 0.134 e. The second-order valence-corrected chi connectivity index (χ2v) is 2.42. The molecule has 3 heteroatoms. The van der Waals surface area contributed by atoms with Gasteiger partial charge in [-0.2, -0.15) is 0 Å². The number of halogens is 3. The van der Waals surface area contributed by atoms with Crippen LogP contribution in [0.5, 0.6) is 0 Å². The van der Waals surface area contributed by atoms with Gasteiger partial charge in [-0.1, -0.05) is 24.3 Å². The Bertz CT molecular complexity index is 271. The number of benzene rings is 1. The molecular weight excluding hydrogens is 170 g/mol. The molecule has 0 atom stereocenters. The molecule has 0 bridgehead atoms. The summed E-state index contributed by atoms with van der Waals surface area (Å²) in [5.41, 5.74) is -0.144. The molecule has 1 aromatic carbocycles. The lowest BCUT2D eigenvalue weighted by molar-refractivity contribution is 0.579. The Balaban J connectivity index is 3.36. The van der Waals surface area contributed by atoms with Crippen LogP contribution in [0.4, 0.5) is 8.78 Å². The first kappa shape index (κ1) is 8.21. The number of hydrogen-bond donors (Lipinski definition) is 0. The molecule has 0 saturated carbocycles. The van der Waals surface area contributed by atoms with Crippen molar-refractivity contribution in [1.29, 1.82) is 0 Å². The van der Waals surface area contributed by atoms with Gasteiger partial charge in [-0.3, -0.25) is 0 Å². The molecule has 0 nitrogen and oxygen atoms in total. The third kappa shape index (κ3) is 1.57. The first-order chi connectivity index (χ1) is 5.15. The molecule has 1 rings (SSSR count). The molecule has 1 aromatic rings. The Morgan fingerprint density at radius 2 is 1.73 bits per heavy atom. The number of rotatable bonds is 1. The highest BCUT2D eigenvalue weighted by atomic mass is 35.5. The van der Waals surface area contributed by atoms with Crippen molar-refractivity contribution in [3.05, 3.63) is 40.9 Å². The molecule has 11 heavy (non-hydrogen) atoms. The van der Waals surface area contributed by atoms with E-state index in [-0.39, 0.29) is 10.6 Å². The lowest BCUT2D eigenvalue weighted by atomic mass is 10.2. The smallest absolute Gasteiger partial charge is 0.134 e. The highest BCUT2D eigenvalue weighted by Gasteiger charge is 2.05. The van der Waals surface area contributed by atoms with Gasteiger partial charge in [-0.25, -0.2) is 8.78 Å². The second kappa shape index (κ2) is 3.01. The van der Waals surface area contributed by atoms with E-state index < -0.39 is 11.6 Å². The predicted molar refractivity (Wildman–Crippen MR) is 41.5 cm³/mol. The third-order valence-electron chi connectivity index (χ3n) is 1.25. The standard InChI is InChI=1S/C8H5ClF2/c1-2-6-7(10)3-5(9)4-8(6)11/h2-4H,1H2. The average Bonchev–Trinajstić information content (AvgIpc) is 1.85. The maximum atomic E-state index is 12.7. The molecule has 0 aliphatic heterocycles. The van der Waals surface area contributed by atoms with E-state index in [0.29, 0.717) is 0 Å². The lowest BCUT2D eigenvalue weighted by Gasteiger charge is -1.98. The molecule has 58 valence electrons. The predicted octanol–water partition coefficient (Wildman–Crippen LogP) is 3.26. The van der Waals surface area contributed by atoms with Crippen LogP contribution in [-0.2, 0) is 0 Å². The molecule has 0 fully saturated rings. The minimum Gasteiger partial charge on any atom is -0.206 e. The summed E-state index contributed by atoms with van der Waals surface area (Å²) in [5, 5.41) is 0.0469. The second-order valence-electron chi connectivity index (χ2n) is 1.99. The third-order valence-corrected chi connectivity index (χ3v) is 1.47. The summed E-state index contributed by atoms with van der Waals surface area (Å²) in [6, 6.07) is 2.09. The Morgan fingerprint density at radius 1 is 1.27 bits per heavy atom. The van der Waals surface area contributed by atoms with Gasteiger partial charge in [0.2, 0.25) is 0 Å². The van der Waals surface area contributed by atoms with Gasteiger partial charge in [-0.05, 0) is 12.1 Å². The fraction of sp³-hybridized carbons (Fsp3) is 0. The average molecular weight is 175 g/mol. The van der Waals surface area contributed by atoms with Crippen LogP contribution >= 0.6 is 11.6 Å². The van der Waals surface area contributed by atoms with Crippen LogP contribution in [0, 0.1) is 11.6 Å². The van der Waals surface area contributed by atoms with Gasteiger partial charge in [0.1, 0.15) is 11.6 Å². The Labute approximate surface area is 68.1 Å². The summed E-state index contributed by atoms with van der Waals surface area (Å²) in [4.78, 5) is 0. The minimum absolute atomic E-state index is 0.0469. The molecule has 0 aliphatic rings. The fourth-order valence-electron chi connectivity index (χ4n) is 0.748. The number of hydrogen-bond acceptors (Lipinski definition) is 0. The zero-order chi connectivity index (χ0) is 8.43. The van der Waals surface area contributed by atoms with E-state index in [0.717, 1.165) is 18.2 Å². The normalized spacial score (nSPS) is 9.73. The van der Waals surface area contributed by atoms with Crippen LogP contribution in [0.25, 0.3) is 6.08 Å². The highest BCUT2D eigenvalue weighted by Crippen LogP contribution is 2.19. The minimum atomic E-state index is -0.690. The van der Waals surface area contributed by atoms with Gasteiger partial charge in [0.25, 0.3) is 0 Å². The molecule has 0 N–H and O–H groups in total. The van der Waals surface area contributed by atoms with Crippen LogP contribution in [0.1, 0.15) is 5.56 Å². The maximum absolute atomic E-state index is 12.7. The van der Waals surface area contributed by atoms with Crippen LogP contribution in [0.2, 0.25) is 5.02 Å². The van der Waals surface area contributed by atoms with Gasteiger partial charge in [0, 0.05) is 10.6 Å². The zero-order valence-electron chi connectivity index (χ0n) is 5.57. The summed E-state index contributed by atoms with van der Waals surface area (Å²) >= 11 is 5.36. The van der Waals surface area contributed by atoms with Crippen molar-refractivity contribution in [1.82, 2.24) is 0 Å². The van der Waals surface area contributed by atoms with Gasteiger partial charge in [-0.15, -0.1) is 0 Å². The summed E-state index contributed by atoms with van der Waals surface area (Å²) in [6.07, 6.45) is 1.11. The van der Waals surface area contributed by atoms with Crippen molar-refractivity contribution in [3.8, 4) is 0 Å². The molecule has 0 saturated heterocycles. The SMILES string of the molecule is C=Cc1c(F)cc(Cl)cc1F. The van der Waals surface area contributed by atoms with Crippen molar-refractivity contribution >= 4 is 17.7 Å². The van der Waals surface area contributed by atoms with Crippen molar-refractivity contribution in [3.63, 3.8) is 0 Å². The molecule has 0 aromatic heterocycles. The van der Waals surface area contributed by atoms with Crippen LogP contribution in [0.15, 0.2) is 18.7 Å². The molecule has 0 heterocycles. The summed E-state index contributed by atoms with van der Waals surface area (Å²) in [7, 11) is 0. The molecule has 0 unspecified atom stereocenters. The van der Waals surface area contributed by atoms with Gasteiger partial charge < -0.3 is 0 Å². The Kier molecular flexibility index (Phi) is 2.25. The first-order valence-electron chi connectivity index (χ1n) is 2.92. The van der Waals surface area contributed by atoms with E-state index in [2.05, 4.69) is 6.58 Å². The summed E-state index contributed by atoms with van der Waals surface area (Å²) < 4.78 is 25.4. The molecular formula is C8H5ClF2. The molecule has 0 radical (unpaired) electrons. The van der Waals surface area contributed by atoms with Crippen LogP contribution < -0.4 is 0 Å². The van der Waals surface area contributed by atoms with Gasteiger partial charge in [0.15, 0.2) is 0 Å². The molecule has 0 spiro atoms. The quantitative estimate of drug-likeness (QED) is 0.613. The topological polar surface area (TPSA) is 0 Å². The van der Waals surface area contributed by atoms with E-state index in [4.69, 9.17) is 11.6 Å². The van der Waals surface area contributed by atoms with Crippen LogP contribution in [0.3, 0.4) is 0 Å². The largest absolute Gasteiger partial charge is 0.206 e.